The molecule has 0 bridgehead atoms. The predicted molar refractivity (Wildman–Crippen MR) is 156 cm³/mol. The zero-order valence-electron chi connectivity index (χ0n) is 25.7. The van der Waals surface area contributed by atoms with Crippen LogP contribution in [0.2, 0.25) is 18.1 Å². The van der Waals surface area contributed by atoms with E-state index in [2.05, 4.69) is 74.4 Å². The Labute approximate surface area is 225 Å². The second kappa shape index (κ2) is 8.13. The van der Waals surface area contributed by atoms with Gasteiger partial charge in [-0.25, -0.2) is 0 Å². The fraction of sp³-hybridized carbons (Fsp3) is 0.941. The summed E-state index contributed by atoms with van der Waals surface area (Å²) in [5, 5.41) is 0.287. The molecule has 0 radical (unpaired) electrons. The van der Waals surface area contributed by atoms with Crippen LogP contribution in [0, 0.1) is 63.1 Å². The first-order valence-corrected chi connectivity index (χ1v) is 18.5. The van der Waals surface area contributed by atoms with E-state index in [1.54, 1.807) is 0 Å². The number of hydrogen-bond donors (Lipinski definition) is 0. The van der Waals surface area contributed by atoms with Crippen molar-refractivity contribution in [3.8, 4) is 12.3 Å². The molecule has 0 saturated heterocycles. The van der Waals surface area contributed by atoms with Gasteiger partial charge in [0.1, 0.15) is 0 Å². The van der Waals surface area contributed by atoms with Crippen LogP contribution >= 0.6 is 0 Å². The molecule has 2 spiro atoms. The van der Waals surface area contributed by atoms with Crippen molar-refractivity contribution in [2.24, 2.45) is 50.7 Å². The van der Waals surface area contributed by atoms with Crippen LogP contribution in [0.3, 0.4) is 0 Å². The van der Waals surface area contributed by atoms with Crippen molar-refractivity contribution < 1.29 is 4.43 Å². The Morgan fingerprint density at radius 2 is 1.53 bits per heavy atom. The number of rotatable bonds is 5. The summed E-state index contributed by atoms with van der Waals surface area (Å²) in [6.07, 6.45) is 21.3. The van der Waals surface area contributed by atoms with Crippen molar-refractivity contribution in [3.63, 3.8) is 0 Å². The fourth-order valence-electron chi connectivity index (χ4n) is 11.5. The molecule has 0 heterocycles. The molecule has 0 aromatic rings. The second-order valence-electron chi connectivity index (χ2n) is 17.1. The first-order chi connectivity index (χ1) is 16.5. The van der Waals surface area contributed by atoms with Crippen LogP contribution in [0.4, 0.5) is 0 Å². The van der Waals surface area contributed by atoms with E-state index in [4.69, 9.17) is 10.8 Å². The minimum atomic E-state index is -1.76. The molecule has 0 amide bonds. The summed E-state index contributed by atoms with van der Waals surface area (Å²) in [5.74, 6) is 6.36. The SMILES string of the molecule is C#CCCC(C)C1CCC2(C)C3CCC4C(C)(C)C(O[Si](C)(C)C(C)(C)C)CCC45CC35CCC12C. The van der Waals surface area contributed by atoms with Crippen molar-refractivity contribution in [1.82, 2.24) is 0 Å². The highest BCUT2D eigenvalue weighted by Crippen LogP contribution is 2.89. The van der Waals surface area contributed by atoms with E-state index in [1.165, 1.54) is 64.2 Å². The lowest BCUT2D eigenvalue weighted by molar-refractivity contribution is -0.159. The maximum Gasteiger partial charge on any atom is 0.192 e. The van der Waals surface area contributed by atoms with Crippen LogP contribution < -0.4 is 0 Å². The van der Waals surface area contributed by atoms with Crippen molar-refractivity contribution >= 4 is 8.32 Å². The first-order valence-electron chi connectivity index (χ1n) is 15.6. The molecular weight excluding hydrogens is 452 g/mol. The topological polar surface area (TPSA) is 9.23 Å². The first kappa shape index (κ1) is 27.3. The quantitative estimate of drug-likeness (QED) is 0.264. The van der Waals surface area contributed by atoms with E-state index in [0.717, 1.165) is 30.1 Å². The highest BCUT2D eigenvalue weighted by molar-refractivity contribution is 6.74. The third kappa shape index (κ3) is 3.36. The molecule has 0 aromatic heterocycles. The molecule has 9 unspecified atom stereocenters. The molecule has 0 N–H and O–H groups in total. The molecule has 0 aliphatic heterocycles. The molecule has 5 saturated carbocycles. The minimum Gasteiger partial charge on any atom is -0.413 e. The molecule has 1 nitrogen and oxygen atoms in total. The Bertz CT molecular complexity index is 920. The van der Waals surface area contributed by atoms with Gasteiger partial charge in [0.05, 0.1) is 6.10 Å². The number of terminal acetylenes is 1. The van der Waals surface area contributed by atoms with Gasteiger partial charge in [0, 0.05) is 6.42 Å². The van der Waals surface area contributed by atoms with Gasteiger partial charge >= 0.3 is 0 Å². The number of fused-ring (bicyclic) bond motifs is 2. The third-order valence-corrected chi connectivity index (χ3v) is 19.3. The molecule has 2 heteroatoms. The largest absolute Gasteiger partial charge is 0.413 e. The monoisotopic (exact) mass is 510 g/mol. The van der Waals surface area contributed by atoms with Crippen LogP contribution in [0.1, 0.15) is 126 Å². The Kier molecular flexibility index (Phi) is 6.17. The van der Waals surface area contributed by atoms with Crippen LogP contribution in [0.25, 0.3) is 0 Å². The van der Waals surface area contributed by atoms with Crippen molar-refractivity contribution in [3.05, 3.63) is 0 Å². The van der Waals surface area contributed by atoms with Gasteiger partial charge in [-0.15, -0.1) is 12.3 Å². The number of hydrogen-bond acceptors (Lipinski definition) is 1. The predicted octanol–water partition coefficient (Wildman–Crippen LogP) is 9.87. The van der Waals surface area contributed by atoms with E-state index in [0.29, 0.717) is 33.2 Å². The maximum atomic E-state index is 7.21. The lowest BCUT2D eigenvalue weighted by Crippen LogP contribution is -2.59. The van der Waals surface area contributed by atoms with Gasteiger partial charge in [0.2, 0.25) is 0 Å². The summed E-state index contributed by atoms with van der Waals surface area (Å²) in [4.78, 5) is 0. The van der Waals surface area contributed by atoms with E-state index in [9.17, 15) is 0 Å². The Morgan fingerprint density at radius 1 is 0.889 bits per heavy atom. The molecule has 204 valence electrons. The normalized spacial score (nSPS) is 48.1. The Morgan fingerprint density at radius 3 is 2.17 bits per heavy atom. The lowest BCUT2D eigenvalue weighted by Gasteiger charge is -2.64. The second-order valence-corrected chi connectivity index (χ2v) is 21.9. The van der Waals surface area contributed by atoms with E-state index in [1.807, 2.05) is 0 Å². The summed E-state index contributed by atoms with van der Waals surface area (Å²) in [7, 11) is -1.76. The van der Waals surface area contributed by atoms with E-state index >= 15 is 0 Å². The standard InChI is InChI=1S/C34H58OSi/c1-12-13-14-24(2)25-17-19-32(9)27-16-15-26-30(6,7)28(35-36(10,11)29(3,4)5)18-20-33(26)23-34(27,33)22-21-31(25,32)8/h1,24-28H,13-23H2,2-11H3. The van der Waals surface area contributed by atoms with Gasteiger partial charge in [0.25, 0.3) is 0 Å². The zero-order chi connectivity index (χ0) is 26.6. The average molecular weight is 511 g/mol. The summed E-state index contributed by atoms with van der Waals surface area (Å²) in [6.45, 7) is 25.4. The maximum absolute atomic E-state index is 7.21. The highest BCUT2D eigenvalue weighted by Gasteiger charge is 2.82. The summed E-state index contributed by atoms with van der Waals surface area (Å²) in [6, 6.07) is 0. The van der Waals surface area contributed by atoms with Crippen molar-refractivity contribution in [2.45, 2.75) is 150 Å². The molecule has 36 heavy (non-hydrogen) atoms. The highest BCUT2D eigenvalue weighted by atomic mass is 28.4. The van der Waals surface area contributed by atoms with Crippen molar-refractivity contribution in [1.29, 1.82) is 0 Å². The van der Waals surface area contributed by atoms with Crippen LogP contribution in [-0.2, 0) is 4.43 Å². The van der Waals surface area contributed by atoms with Crippen molar-refractivity contribution in [2.75, 3.05) is 0 Å². The zero-order valence-corrected chi connectivity index (χ0v) is 26.7. The summed E-state index contributed by atoms with van der Waals surface area (Å²) < 4.78 is 7.21. The lowest BCUT2D eigenvalue weighted by atomic mass is 9.41. The summed E-state index contributed by atoms with van der Waals surface area (Å²) >= 11 is 0. The van der Waals surface area contributed by atoms with E-state index < -0.39 is 8.32 Å². The van der Waals surface area contributed by atoms with Gasteiger partial charge in [-0.05, 0) is 133 Å². The molecular formula is C34H58OSi. The Balaban J connectivity index is 1.40. The van der Waals surface area contributed by atoms with Crippen LogP contribution in [0.15, 0.2) is 0 Å². The Hall–Kier alpha value is -0.263. The smallest absolute Gasteiger partial charge is 0.192 e. The molecule has 0 aromatic carbocycles. The summed E-state index contributed by atoms with van der Waals surface area (Å²) in [5.41, 5.74) is 2.58. The van der Waals surface area contributed by atoms with Gasteiger partial charge in [-0.2, -0.15) is 0 Å². The molecule has 9 atom stereocenters. The van der Waals surface area contributed by atoms with Gasteiger partial charge in [-0.3, -0.25) is 0 Å². The molecule has 5 fully saturated rings. The van der Waals surface area contributed by atoms with Crippen LogP contribution in [-0.4, -0.2) is 14.4 Å². The molecule has 5 rings (SSSR count). The van der Waals surface area contributed by atoms with Gasteiger partial charge < -0.3 is 4.43 Å². The van der Waals surface area contributed by atoms with Gasteiger partial charge in [-0.1, -0.05) is 55.4 Å². The van der Waals surface area contributed by atoms with E-state index in [-0.39, 0.29) is 5.04 Å². The van der Waals surface area contributed by atoms with Gasteiger partial charge in [0.15, 0.2) is 8.32 Å². The average Bonchev–Trinajstić information content (AvgIpc) is 3.36. The minimum absolute atomic E-state index is 0.287. The third-order valence-electron chi connectivity index (χ3n) is 14.8. The molecule has 5 aliphatic rings. The van der Waals surface area contributed by atoms with Crippen LogP contribution in [0.5, 0.6) is 0 Å². The fourth-order valence-corrected chi connectivity index (χ4v) is 13.0. The molecule has 5 aliphatic carbocycles.